The van der Waals surface area contributed by atoms with Crippen LogP contribution in [0, 0.1) is 0 Å². The number of nitrogens with zero attached hydrogens (tertiary/aromatic N) is 1. The molecule has 0 amide bonds. The first kappa shape index (κ1) is 11.2. The number of H-pyrrole nitrogens is 1. The third-order valence-corrected chi connectivity index (χ3v) is 3.61. The van der Waals surface area contributed by atoms with Crippen LogP contribution >= 0.6 is 15.9 Å². The van der Waals surface area contributed by atoms with E-state index in [1.165, 1.54) is 12.3 Å². The van der Waals surface area contributed by atoms with Gasteiger partial charge in [0.25, 0.3) is 10.0 Å². The Kier molecular flexibility index (Phi) is 2.97. The van der Waals surface area contributed by atoms with Crippen LogP contribution in [0.4, 0.5) is 5.82 Å². The van der Waals surface area contributed by atoms with Gasteiger partial charge in [0.1, 0.15) is 5.82 Å². The second kappa shape index (κ2) is 4.26. The molecule has 0 atom stereocenters. The Morgan fingerprint density at radius 2 is 2.12 bits per heavy atom. The van der Waals surface area contributed by atoms with Crippen molar-refractivity contribution in [3.05, 3.63) is 41.1 Å². The molecule has 0 aliphatic rings. The highest BCUT2D eigenvalue weighted by molar-refractivity contribution is 9.10. The lowest BCUT2D eigenvalue weighted by atomic mass is 10.5. The fraction of sp³-hybridized carbons (Fsp3) is 0. The number of sulfonamides is 1. The minimum atomic E-state index is -3.57. The average molecular weight is 302 g/mol. The van der Waals surface area contributed by atoms with Gasteiger partial charge in [-0.3, -0.25) is 4.72 Å². The van der Waals surface area contributed by atoms with E-state index >= 15 is 0 Å². The molecule has 0 unspecified atom stereocenters. The number of aromatic amines is 1. The molecule has 0 aromatic carbocycles. The van der Waals surface area contributed by atoms with Crippen LogP contribution in [0.1, 0.15) is 0 Å². The zero-order chi connectivity index (χ0) is 11.6. The first-order valence-corrected chi connectivity index (χ1v) is 6.63. The van der Waals surface area contributed by atoms with E-state index in [9.17, 15) is 8.42 Å². The monoisotopic (exact) mass is 301 g/mol. The maximum Gasteiger partial charge on any atom is 0.278 e. The lowest BCUT2D eigenvalue weighted by molar-refractivity contribution is 0.598. The summed E-state index contributed by atoms with van der Waals surface area (Å²) in [6.45, 7) is 0. The van der Waals surface area contributed by atoms with Gasteiger partial charge >= 0.3 is 0 Å². The molecular weight excluding hydrogens is 294 g/mol. The molecule has 7 heteroatoms. The van der Waals surface area contributed by atoms with E-state index in [1.807, 2.05) is 0 Å². The smallest absolute Gasteiger partial charge is 0.278 e. The first-order chi connectivity index (χ1) is 7.58. The molecule has 0 saturated heterocycles. The number of anilines is 1. The molecule has 2 aromatic rings. The quantitative estimate of drug-likeness (QED) is 0.910. The maximum absolute atomic E-state index is 11.8. The minimum absolute atomic E-state index is 0.109. The Hall–Kier alpha value is -1.34. The van der Waals surface area contributed by atoms with E-state index in [1.54, 1.807) is 24.4 Å². The summed E-state index contributed by atoms with van der Waals surface area (Å²) in [5.74, 6) is 0.276. The van der Waals surface area contributed by atoms with Gasteiger partial charge in [0, 0.05) is 16.9 Å². The lowest BCUT2D eigenvalue weighted by Crippen LogP contribution is -2.14. The first-order valence-electron chi connectivity index (χ1n) is 4.36. The van der Waals surface area contributed by atoms with Crippen LogP contribution in [0.15, 0.2) is 46.2 Å². The van der Waals surface area contributed by atoms with Crippen LogP contribution < -0.4 is 4.72 Å². The molecule has 2 heterocycles. The number of halogens is 1. The van der Waals surface area contributed by atoms with Crippen LogP contribution in [-0.4, -0.2) is 18.4 Å². The van der Waals surface area contributed by atoms with E-state index < -0.39 is 10.0 Å². The molecule has 0 bridgehead atoms. The molecule has 0 fully saturated rings. The molecule has 0 aliphatic carbocycles. The van der Waals surface area contributed by atoms with Gasteiger partial charge in [-0.1, -0.05) is 0 Å². The number of hydrogen-bond acceptors (Lipinski definition) is 3. The zero-order valence-corrected chi connectivity index (χ0v) is 10.4. The molecule has 2 rings (SSSR count). The fourth-order valence-corrected chi connectivity index (χ4v) is 2.33. The van der Waals surface area contributed by atoms with E-state index in [0.717, 1.165) is 4.47 Å². The summed E-state index contributed by atoms with van der Waals surface area (Å²) in [7, 11) is -3.57. The van der Waals surface area contributed by atoms with E-state index in [0.29, 0.717) is 0 Å². The lowest BCUT2D eigenvalue weighted by Gasteiger charge is -2.04. The number of aromatic nitrogens is 2. The summed E-state index contributed by atoms with van der Waals surface area (Å²) in [6.07, 6.45) is 3.07. The summed E-state index contributed by atoms with van der Waals surface area (Å²) in [6, 6.07) is 6.37. The van der Waals surface area contributed by atoms with Gasteiger partial charge in [0.15, 0.2) is 5.03 Å². The van der Waals surface area contributed by atoms with Gasteiger partial charge in [-0.15, -0.1) is 0 Å². The molecule has 16 heavy (non-hydrogen) atoms. The number of rotatable bonds is 3. The van der Waals surface area contributed by atoms with Gasteiger partial charge in [0.2, 0.25) is 0 Å². The van der Waals surface area contributed by atoms with E-state index in [4.69, 9.17) is 0 Å². The van der Waals surface area contributed by atoms with Crippen LogP contribution in [0.5, 0.6) is 0 Å². The highest BCUT2D eigenvalue weighted by Gasteiger charge is 2.14. The molecule has 0 radical (unpaired) electrons. The summed E-state index contributed by atoms with van der Waals surface area (Å²) in [5, 5.41) is 0.109. The van der Waals surface area contributed by atoms with Crippen LogP contribution in [0.25, 0.3) is 0 Å². The van der Waals surface area contributed by atoms with Crippen molar-refractivity contribution >= 4 is 31.8 Å². The van der Waals surface area contributed by atoms with Crippen molar-refractivity contribution < 1.29 is 8.42 Å². The predicted molar refractivity (Wildman–Crippen MR) is 63.5 cm³/mol. The highest BCUT2D eigenvalue weighted by Crippen LogP contribution is 2.14. The second-order valence-electron chi connectivity index (χ2n) is 3.00. The Bertz CT molecular complexity index is 563. The van der Waals surface area contributed by atoms with E-state index in [-0.39, 0.29) is 10.8 Å². The van der Waals surface area contributed by atoms with Crippen LogP contribution in [0.3, 0.4) is 0 Å². The molecule has 0 aliphatic heterocycles. The zero-order valence-electron chi connectivity index (χ0n) is 8.01. The largest absolute Gasteiger partial charge is 0.351 e. The molecule has 84 valence electrons. The summed E-state index contributed by atoms with van der Waals surface area (Å²) < 4.78 is 26.7. The average Bonchev–Trinajstić information content (AvgIpc) is 2.75. The third-order valence-electron chi connectivity index (χ3n) is 1.83. The SMILES string of the molecule is O=S(=O)(Nc1ccc(Br)cn1)c1ccc[nH]1. The summed E-state index contributed by atoms with van der Waals surface area (Å²) in [4.78, 5) is 6.54. The Morgan fingerprint density at radius 1 is 1.31 bits per heavy atom. The number of pyridine rings is 1. The van der Waals surface area contributed by atoms with Gasteiger partial charge in [-0.25, -0.2) is 4.98 Å². The fourth-order valence-electron chi connectivity index (χ4n) is 1.11. The summed E-state index contributed by atoms with van der Waals surface area (Å²) >= 11 is 3.22. The van der Waals surface area contributed by atoms with Crippen LogP contribution in [-0.2, 0) is 10.0 Å². The number of hydrogen-bond donors (Lipinski definition) is 2. The van der Waals surface area contributed by atoms with Crippen molar-refractivity contribution in [1.29, 1.82) is 0 Å². The highest BCUT2D eigenvalue weighted by atomic mass is 79.9. The molecule has 0 saturated carbocycles. The molecule has 2 aromatic heterocycles. The van der Waals surface area contributed by atoms with Gasteiger partial charge in [-0.05, 0) is 40.2 Å². The van der Waals surface area contributed by atoms with Crippen LogP contribution in [0.2, 0.25) is 0 Å². The van der Waals surface area contributed by atoms with Gasteiger partial charge in [-0.2, -0.15) is 8.42 Å². The van der Waals surface area contributed by atoms with Gasteiger partial charge in [0.05, 0.1) is 0 Å². The van der Waals surface area contributed by atoms with Crippen molar-refractivity contribution in [3.63, 3.8) is 0 Å². The molecule has 0 spiro atoms. The standard InChI is InChI=1S/C9H8BrN3O2S/c10-7-3-4-8(12-6-7)13-16(14,15)9-2-1-5-11-9/h1-6,11H,(H,12,13). The second-order valence-corrected chi connectivity index (χ2v) is 5.57. The Labute approximate surface area is 101 Å². The summed E-state index contributed by atoms with van der Waals surface area (Å²) in [5.41, 5.74) is 0. The number of nitrogens with one attached hydrogen (secondary N) is 2. The topological polar surface area (TPSA) is 74.8 Å². The van der Waals surface area contributed by atoms with Crippen molar-refractivity contribution in [1.82, 2.24) is 9.97 Å². The van der Waals surface area contributed by atoms with Crippen molar-refractivity contribution in [2.75, 3.05) is 4.72 Å². The normalized spacial score (nSPS) is 11.3. The van der Waals surface area contributed by atoms with Crippen molar-refractivity contribution in [2.24, 2.45) is 0 Å². The predicted octanol–water partition coefficient (Wildman–Crippen LogP) is 1.97. The Balaban J connectivity index is 2.25. The van der Waals surface area contributed by atoms with Gasteiger partial charge < -0.3 is 4.98 Å². The molecular formula is C9H8BrN3O2S. The maximum atomic E-state index is 11.8. The minimum Gasteiger partial charge on any atom is -0.351 e. The van der Waals surface area contributed by atoms with E-state index in [2.05, 4.69) is 30.6 Å². The third kappa shape index (κ3) is 2.42. The van der Waals surface area contributed by atoms with Crippen molar-refractivity contribution in [3.8, 4) is 0 Å². The molecule has 5 nitrogen and oxygen atoms in total. The Morgan fingerprint density at radius 3 is 2.69 bits per heavy atom. The molecule has 2 N–H and O–H groups in total. The van der Waals surface area contributed by atoms with Crippen molar-refractivity contribution in [2.45, 2.75) is 5.03 Å².